The Bertz CT molecular complexity index is 611. The van der Waals surface area contributed by atoms with Crippen LogP contribution in [0.2, 0.25) is 0 Å². The number of hydrogen-bond donors (Lipinski definition) is 2. The number of nitrogens with one attached hydrogen (secondary N) is 2. The molecule has 2 aliphatic rings. The molecule has 0 radical (unpaired) electrons. The van der Waals surface area contributed by atoms with E-state index in [1.54, 1.807) is 11.9 Å². The van der Waals surface area contributed by atoms with Gasteiger partial charge in [-0.05, 0) is 48.1 Å². The van der Waals surface area contributed by atoms with Crippen LogP contribution in [0.25, 0.3) is 0 Å². The van der Waals surface area contributed by atoms with E-state index >= 15 is 0 Å². The van der Waals surface area contributed by atoms with Crippen molar-refractivity contribution in [2.24, 2.45) is 4.99 Å². The van der Waals surface area contributed by atoms with E-state index in [1.165, 1.54) is 0 Å². The van der Waals surface area contributed by atoms with Gasteiger partial charge in [0, 0.05) is 52.9 Å². The molecule has 0 aliphatic carbocycles. The van der Waals surface area contributed by atoms with Gasteiger partial charge in [-0.1, -0.05) is 6.92 Å². The average molecular weight is 441 g/mol. The lowest BCUT2D eigenvalue weighted by molar-refractivity contribution is -0.0755. The van der Waals surface area contributed by atoms with Gasteiger partial charge in [0.15, 0.2) is 5.96 Å². The molecule has 2 heterocycles. The third-order valence-electron chi connectivity index (χ3n) is 5.85. The molecule has 0 aromatic rings. The highest BCUT2D eigenvalue weighted by atomic mass is 16.6. The first-order valence-electron chi connectivity index (χ1n) is 11.6. The van der Waals surface area contributed by atoms with Crippen LogP contribution in [-0.2, 0) is 9.47 Å². The minimum absolute atomic E-state index is 0.122. The molecule has 2 fully saturated rings. The Balaban J connectivity index is 1.85. The number of hydrogen-bond acceptors (Lipinski definition) is 6. The second-order valence-corrected chi connectivity index (χ2v) is 9.84. The van der Waals surface area contributed by atoms with Crippen LogP contribution in [0.15, 0.2) is 4.99 Å². The van der Waals surface area contributed by atoms with Gasteiger partial charge in [0.05, 0.1) is 12.1 Å². The zero-order valence-electron chi connectivity index (χ0n) is 20.8. The van der Waals surface area contributed by atoms with Gasteiger partial charge in [0.2, 0.25) is 0 Å². The van der Waals surface area contributed by atoms with Crippen molar-refractivity contribution in [3.63, 3.8) is 0 Å². The second kappa shape index (κ2) is 10.8. The Morgan fingerprint density at radius 1 is 1.16 bits per heavy atom. The monoisotopic (exact) mass is 440 g/mol. The fourth-order valence-corrected chi connectivity index (χ4v) is 4.21. The Kier molecular flexibility index (Phi) is 8.97. The molecule has 2 N–H and O–H groups in total. The molecule has 0 bridgehead atoms. The number of piperazine rings is 1. The predicted molar refractivity (Wildman–Crippen MR) is 124 cm³/mol. The molecule has 180 valence electrons. The lowest BCUT2D eigenvalue weighted by Gasteiger charge is -2.35. The van der Waals surface area contributed by atoms with Crippen LogP contribution in [0, 0.1) is 0 Å². The van der Waals surface area contributed by atoms with Crippen molar-refractivity contribution in [3.8, 4) is 0 Å². The number of rotatable bonds is 6. The van der Waals surface area contributed by atoms with Gasteiger partial charge in [-0.2, -0.15) is 0 Å². The summed E-state index contributed by atoms with van der Waals surface area (Å²) in [5, 5.41) is 6.76. The summed E-state index contributed by atoms with van der Waals surface area (Å²) in [6, 6.07) is -0.162. The maximum Gasteiger partial charge on any atom is 0.412 e. The van der Waals surface area contributed by atoms with E-state index in [9.17, 15) is 4.79 Å². The van der Waals surface area contributed by atoms with Crippen LogP contribution in [0.3, 0.4) is 0 Å². The standard InChI is InChI=1S/C22H44N6O3/c1-9-26-12-14-27(15-13-26)11-10-24-19(23-8)25-16-18-17(2)30-22(6,7)28(18)20(29)31-21(3,4)5/h17-18H,9-16H2,1-8H3,(H2,23,24,25). The first-order chi connectivity index (χ1) is 14.5. The number of amides is 1. The Labute approximate surface area is 188 Å². The predicted octanol–water partition coefficient (Wildman–Crippen LogP) is 1.55. The number of likely N-dealkylation sites (N-methyl/N-ethyl adjacent to an activating group) is 1. The molecule has 1 amide bonds. The highest BCUT2D eigenvalue weighted by Gasteiger charge is 2.49. The Morgan fingerprint density at radius 2 is 1.77 bits per heavy atom. The van der Waals surface area contributed by atoms with Crippen molar-refractivity contribution in [2.75, 3.05) is 59.4 Å². The van der Waals surface area contributed by atoms with Gasteiger partial charge in [0.1, 0.15) is 11.3 Å². The van der Waals surface area contributed by atoms with Crippen molar-refractivity contribution in [3.05, 3.63) is 0 Å². The number of aliphatic imine (C=N–C) groups is 1. The molecule has 31 heavy (non-hydrogen) atoms. The van der Waals surface area contributed by atoms with E-state index in [0.29, 0.717) is 6.54 Å². The number of carbonyl (C=O) groups is 1. The number of ether oxygens (including phenoxy) is 2. The molecule has 2 rings (SSSR count). The first kappa shape index (κ1) is 25.7. The number of guanidine groups is 1. The van der Waals surface area contributed by atoms with Gasteiger partial charge < -0.3 is 25.0 Å². The van der Waals surface area contributed by atoms with Gasteiger partial charge in [-0.25, -0.2) is 4.79 Å². The van der Waals surface area contributed by atoms with E-state index in [-0.39, 0.29) is 18.2 Å². The van der Waals surface area contributed by atoms with Crippen LogP contribution in [0.5, 0.6) is 0 Å². The van der Waals surface area contributed by atoms with Crippen LogP contribution in [-0.4, -0.2) is 110 Å². The molecule has 0 saturated carbocycles. The summed E-state index contributed by atoms with van der Waals surface area (Å²) in [4.78, 5) is 23.9. The normalized spacial score (nSPS) is 25.5. The molecule has 0 aromatic heterocycles. The van der Waals surface area contributed by atoms with Gasteiger partial charge in [-0.15, -0.1) is 0 Å². The van der Waals surface area contributed by atoms with Gasteiger partial charge in [-0.3, -0.25) is 14.8 Å². The fourth-order valence-electron chi connectivity index (χ4n) is 4.21. The molecule has 0 spiro atoms. The summed E-state index contributed by atoms with van der Waals surface area (Å²) in [5.41, 5.74) is -1.29. The Morgan fingerprint density at radius 3 is 2.32 bits per heavy atom. The van der Waals surface area contributed by atoms with E-state index in [4.69, 9.17) is 9.47 Å². The van der Waals surface area contributed by atoms with Gasteiger partial charge >= 0.3 is 6.09 Å². The van der Waals surface area contributed by atoms with Crippen molar-refractivity contribution >= 4 is 12.1 Å². The quantitative estimate of drug-likeness (QED) is 0.479. The third kappa shape index (κ3) is 7.50. The molecule has 2 unspecified atom stereocenters. The number of nitrogens with zero attached hydrogens (tertiary/aromatic N) is 4. The van der Waals surface area contributed by atoms with E-state index in [1.807, 2.05) is 41.5 Å². The summed E-state index contributed by atoms with van der Waals surface area (Å²) in [6.45, 7) is 21.6. The summed E-state index contributed by atoms with van der Waals surface area (Å²) in [6.07, 6.45) is -0.481. The van der Waals surface area contributed by atoms with Gasteiger partial charge in [0.25, 0.3) is 0 Å². The maximum absolute atomic E-state index is 12.9. The molecule has 2 atom stereocenters. The molecule has 2 aliphatic heterocycles. The minimum atomic E-state index is -0.730. The second-order valence-electron chi connectivity index (χ2n) is 9.84. The van der Waals surface area contributed by atoms with Crippen LogP contribution >= 0.6 is 0 Å². The van der Waals surface area contributed by atoms with E-state index < -0.39 is 11.3 Å². The molecule has 2 saturated heterocycles. The number of carbonyl (C=O) groups excluding carboxylic acids is 1. The summed E-state index contributed by atoms with van der Waals surface area (Å²) in [7, 11) is 1.76. The molecule has 0 aromatic carbocycles. The van der Waals surface area contributed by atoms with Crippen LogP contribution in [0.4, 0.5) is 4.79 Å². The summed E-state index contributed by atoms with van der Waals surface area (Å²) in [5.74, 6) is 0.730. The van der Waals surface area contributed by atoms with Crippen LogP contribution in [0.1, 0.15) is 48.5 Å². The highest BCUT2D eigenvalue weighted by molar-refractivity contribution is 5.79. The maximum atomic E-state index is 12.9. The van der Waals surface area contributed by atoms with Crippen molar-refractivity contribution in [2.45, 2.75) is 71.9 Å². The van der Waals surface area contributed by atoms with Crippen molar-refractivity contribution < 1.29 is 14.3 Å². The SMILES string of the molecule is CCN1CCN(CCNC(=NC)NCC2C(C)OC(C)(C)N2C(=O)OC(C)(C)C)CC1. The lowest BCUT2D eigenvalue weighted by Crippen LogP contribution is -2.55. The average Bonchev–Trinajstić information content (AvgIpc) is 2.91. The zero-order valence-corrected chi connectivity index (χ0v) is 20.8. The summed E-state index contributed by atoms with van der Waals surface area (Å²) < 4.78 is 11.7. The van der Waals surface area contributed by atoms with E-state index in [2.05, 4.69) is 32.3 Å². The molecular formula is C22H44N6O3. The minimum Gasteiger partial charge on any atom is -0.444 e. The smallest absolute Gasteiger partial charge is 0.412 e. The highest BCUT2D eigenvalue weighted by Crippen LogP contribution is 2.33. The van der Waals surface area contributed by atoms with E-state index in [0.717, 1.165) is 51.8 Å². The third-order valence-corrected chi connectivity index (χ3v) is 5.85. The molecular weight excluding hydrogens is 396 g/mol. The first-order valence-corrected chi connectivity index (χ1v) is 11.6. The topological polar surface area (TPSA) is 81.7 Å². The zero-order chi connectivity index (χ0) is 23.2. The molecule has 9 heteroatoms. The van der Waals surface area contributed by atoms with Crippen molar-refractivity contribution in [1.82, 2.24) is 25.3 Å². The Hall–Kier alpha value is -1.58. The fraction of sp³-hybridized carbons (Fsp3) is 0.909. The van der Waals surface area contributed by atoms with Crippen molar-refractivity contribution in [1.29, 1.82) is 0 Å². The molecule has 9 nitrogen and oxygen atoms in total. The van der Waals surface area contributed by atoms with Crippen LogP contribution < -0.4 is 10.6 Å². The lowest BCUT2D eigenvalue weighted by atomic mass is 10.1. The summed E-state index contributed by atoms with van der Waals surface area (Å²) >= 11 is 0. The largest absolute Gasteiger partial charge is 0.444 e.